The number of sulfonamides is 1. The Morgan fingerprint density at radius 1 is 1.48 bits per heavy atom. The molecule has 1 saturated carbocycles. The number of nitrogens with zero attached hydrogens (tertiary/aromatic N) is 2. The first-order valence-electron chi connectivity index (χ1n) is 6.88. The van der Waals surface area contributed by atoms with E-state index in [-0.39, 0.29) is 4.21 Å². The Labute approximate surface area is 127 Å². The minimum Gasteiger partial charge on any atom is -0.476 e. The monoisotopic (exact) mass is 331 g/mol. The van der Waals surface area contributed by atoms with Gasteiger partial charge in [-0.05, 0) is 31.7 Å². The molecule has 2 fully saturated rings. The van der Waals surface area contributed by atoms with Gasteiger partial charge in [-0.15, -0.1) is 11.3 Å². The van der Waals surface area contributed by atoms with Crippen LogP contribution in [-0.4, -0.2) is 55.1 Å². The number of likely N-dealkylation sites (tertiary alicyclic amines) is 1. The van der Waals surface area contributed by atoms with Gasteiger partial charge >= 0.3 is 5.97 Å². The second-order valence-electron chi connectivity index (χ2n) is 5.53. The van der Waals surface area contributed by atoms with E-state index in [1.807, 2.05) is 0 Å². The average molecular weight is 331 g/mol. The fourth-order valence-electron chi connectivity index (χ4n) is 2.66. The standard InChI is InChI=1S/C12H17N3O4S2/c16-11(17)10-12(20-7-13-10)21(18,19)14-5-8-3-4-15(6-8)9-1-2-9/h7-9,14H,1-6H2,(H,16,17). The van der Waals surface area contributed by atoms with E-state index in [0.29, 0.717) is 18.5 Å². The molecule has 0 aromatic carbocycles. The summed E-state index contributed by atoms with van der Waals surface area (Å²) in [6.07, 6.45) is 3.48. The molecule has 1 aliphatic heterocycles. The molecule has 0 bridgehead atoms. The van der Waals surface area contributed by atoms with Gasteiger partial charge in [-0.3, -0.25) is 0 Å². The van der Waals surface area contributed by atoms with Crippen LogP contribution in [0.2, 0.25) is 0 Å². The van der Waals surface area contributed by atoms with Gasteiger partial charge in [-0.25, -0.2) is 22.9 Å². The molecule has 1 atom stereocenters. The van der Waals surface area contributed by atoms with Crippen molar-refractivity contribution in [3.63, 3.8) is 0 Å². The van der Waals surface area contributed by atoms with Crippen molar-refractivity contribution in [3.8, 4) is 0 Å². The number of nitrogens with one attached hydrogen (secondary N) is 1. The largest absolute Gasteiger partial charge is 0.476 e. The van der Waals surface area contributed by atoms with Gasteiger partial charge in [0.15, 0.2) is 9.90 Å². The molecule has 0 radical (unpaired) electrons. The van der Waals surface area contributed by atoms with Crippen molar-refractivity contribution in [2.75, 3.05) is 19.6 Å². The van der Waals surface area contributed by atoms with E-state index in [0.717, 1.165) is 30.8 Å². The Morgan fingerprint density at radius 3 is 2.90 bits per heavy atom. The maximum atomic E-state index is 12.2. The van der Waals surface area contributed by atoms with E-state index in [9.17, 15) is 13.2 Å². The maximum Gasteiger partial charge on any atom is 0.356 e. The van der Waals surface area contributed by atoms with Crippen molar-refractivity contribution in [3.05, 3.63) is 11.2 Å². The molecule has 1 saturated heterocycles. The summed E-state index contributed by atoms with van der Waals surface area (Å²) in [7, 11) is -3.80. The molecule has 2 N–H and O–H groups in total. The Balaban J connectivity index is 1.61. The third-order valence-electron chi connectivity index (χ3n) is 3.92. The number of aromatic nitrogens is 1. The second kappa shape index (κ2) is 5.64. The summed E-state index contributed by atoms with van der Waals surface area (Å²) in [4.78, 5) is 17.0. The number of carboxylic acid groups (broad SMARTS) is 1. The summed E-state index contributed by atoms with van der Waals surface area (Å²) in [6.45, 7) is 2.29. The number of rotatable bonds is 6. The molecule has 1 aromatic heterocycles. The van der Waals surface area contributed by atoms with Crippen molar-refractivity contribution >= 4 is 27.3 Å². The summed E-state index contributed by atoms with van der Waals surface area (Å²) in [5.41, 5.74) is 0.834. The van der Waals surface area contributed by atoms with Gasteiger partial charge in [0.25, 0.3) is 10.0 Å². The fourth-order valence-corrected chi connectivity index (χ4v) is 4.96. The van der Waals surface area contributed by atoms with Crippen LogP contribution < -0.4 is 4.72 Å². The highest BCUT2D eigenvalue weighted by Gasteiger charge is 2.35. The number of hydrogen-bond donors (Lipinski definition) is 2. The van der Waals surface area contributed by atoms with Crippen LogP contribution in [0.1, 0.15) is 29.8 Å². The van der Waals surface area contributed by atoms with Gasteiger partial charge < -0.3 is 10.0 Å². The van der Waals surface area contributed by atoms with Gasteiger partial charge in [0.2, 0.25) is 0 Å². The van der Waals surface area contributed by atoms with Crippen molar-refractivity contribution in [1.29, 1.82) is 0 Å². The molecule has 7 nitrogen and oxygen atoms in total. The molecule has 116 valence electrons. The molecule has 1 aliphatic carbocycles. The lowest BCUT2D eigenvalue weighted by Gasteiger charge is -2.15. The molecular formula is C12H17N3O4S2. The molecule has 2 heterocycles. The zero-order valence-corrected chi connectivity index (χ0v) is 13.0. The first-order valence-corrected chi connectivity index (χ1v) is 9.24. The van der Waals surface area contributed by atoms with Crippen molar-refractivity contribution in [2.45, 2.75) is 29.5 Å². The normalized spacial score (nSPS) is 23.5. The van der Waals surface area contributed by atoms with Crippen molar-refractivity contribution in [1.82, 2.24) is 14.6 Å². The summed E-state index contributed by atoms with van der Waals surface area (Å²) >= 11 is 0.830. The van der Waals surface area contributed by atoms with E-state index in [1.165, 1.54) is 18.4 Å². The molecule has 21 heavy (non-hydrogen) atoms. The number of hydrogen-bond acceptors (Lipinski definition) is 6. The van der Waals surface area contributed by atoms with Crippen LogP contribution in [0.5, 0.6) is 0 Å². The minimum atomic E-state index is -3.80. The SMILES string of the molecule is O=C(O)c1ncsc1S(=O)(=O)NCC1CCN(C2CC2)C1. The average Bonchev–Trinajstić information content (AvgIpc) is 2.98. The molecule has 1 unspecified atom stereocenters. The third kappa shape index (κ3) is 3.25. The van der Waals surface area contributed by atoms with Crippen LogP contribution in [0.15, 0.2) is 9.72 Å². The lowest BCUT2D eigenvalue weighted by Crippen LogP contribution is -2.31. The van der Waals surface area contributed by atoms with E-state index < -0.39 is 21.7 Å². The number of carboxylic acids is 1. The predicted molar refractivity (Wildman–Crippen MR) is 77.0 cm³/mol. The van der Waals surface area contributed by atoms with E-state index in [2.05, 4.69) is 14.6 Å². The summed E-state index contributed by atoms with van der Waals surface area (Å²) < 4.78 is 26.7. The highest BCUT2D eigenvalue weighted by molar-refractivity contribution is 7.91. The van der Waals surface area contributed by atoms with Gasteiger partial charge in [-0.2, -0.15) is 0 Å². The summed E-state index contributed by atoms with van der Waals surface area (Å²) in [5.74, 6) is -1.03. The van der Waals surface area contributed by atoms with Crippen LogP contribution in [0.3, 0.4) is 0 Å². The van der Waals surface area contributed by atoms with E-state index in [4.69, 9.17) is 5.11 Å². The van der Waals surface area contributed by atoms with Crippen molar-refractivity contribution < 1.29 is 18.3 Å². The topological polar surface area (TPSA) is 99.6 Å². The van der Waals surface area contributed by atoms with Crippen LogP contribution in [-0.2, 0) is 10.0 Å². The van der Waals surface area contributed by atoms with E-state index >= 15 is 0 Å². The zero-order valence-electron chi connectivity index (χ0n) is 11.4. The van der Waals surface area contributed by atoms with Gasteiger partial charge in [0, 0.05) is 19.1 Å². The Kier molecular flexibility index (Phi) is 4.00. The smallest absolute Gasteiger partial charge is 0.356 e. The van der Waals surface area contributed by atoms with Gasteiger partial charge in [0.1, 0.15) is 0 Å². The Hall–Kier alpha value is -1.03. The van der Waals surface area contributed by atoms with Crippen LogP contribution >= 0.6 is 11.3 Å². The lowest BCUT2D eigenvalue weighted by atomic mass is 10.1. The number of carbonyl (C=O) groups is 1. The Morgan fingerprint density at radius 2 is 2.24 bits per heavy atom. The van der Waals surface area contributed by atoms with E-state index in [1.54, 1.807) is 0 Å². The maximum absolute atomic E-state index is 12.2. The second-order valence-corrected chi connectivity index (χ2v) is 8.34. The zero-order chi connectivity index (χ0) is 15.0. The number of thiazole rings is 1. The van der Waals surface area contributed by atoms with Crippen LogP contribution in [0, 0.1) is 5.92 Å². The summed E-state index contributed by atoms with van der Waals surface area (Å²) in [6, 6.07) is 0.701. The van der Waals surface area contributed by atoms with Crippen LogP contribution in [0.25, 0.3) is 0 Å². The quantitative estimate of drug-likeness (QED) is 0.792. The molecule has 0 spiro atoms. The fraction of sp³-hybridized carbons (Fsp3) is 0.667. The van der Waals surface area contributed by atoms with Crippen LogP contribution in [0.4, 0.5) is 0 Å². The molecule has 3 rings (SSSR count). The third-order valence-corrected chi connectivity index (χ3v) is 6.72. The first kappa shape index (κ1) is 14.9. The molecular weight excluding hydrogens is 314 g/mol. The van der Waals surface area contributed by atoms with Crippen molar-refractivity contribution in [2.24, 2.45) is 5.92 Å². The minimum absolute atomic E-state index is 0.216. The first-order chi connectivity index (χ1) is 9.97. The molecule has 1 aromatic rings. The molecule has 2 aliphatic rings. The lowest BCUT2D eigenvalue weighted by molar-refractivity contribution is 0.0687. The Bertz CT molecular complexity index is 639. The highest BCUT2D eigenvalue weighted by Crippen LogP contribution is 2.31. The number of aromatic carboxylic acids is 1. The predicted octanol–water partition coefficient (Wildman–Crippen LogP) is 0.604. The molecule has 0 amide bonds. The van der Waals surface area contributed by atoms with Gasteiger partial charge in [-0.1, -0.05) is 0 Å². The molecule has 9 heteroatoms. The highest BCUT2D eigenvalue weighted by atomic mass is 32.2. The summed E-state index contributed by atoms with van der Waals surface area (Å²) in [5, 5.41) is 8.95. The van der Waals surface area contributed by atoms with Gasteiger partial charge in [0.05, 0.1) is 5.51 Å².